The molecule has 0 spiro atoms. The minimum atomic E-state index is -3.40. The third-order valence-electron chi connectivity index (χ3n) is 2.54. The molecule has 1 aromatic rings. The highest BCUT2D eigenvalue weighted by atomic mass is 32.2. The molecule has 0 saturated heterocycles. The van der Waals surface area contributed by atoms with Gasteiger partial charge in [-0.2, -0.15) is 4.31 Å². The highest BCUT2D eigenvalue weighted by Crippen LogP contribution is 2.14. The number of likely N-dealkylation sites (N-methyl/N-ethyl adjacent to an activating group) is 1. The molecule has 0 fully saturated rings. The molecule has 5 heteroatoms. The van der Waals surface area contributed by atoms with Crippen LogP contribution < -0.4 is 0 Å². The van der Waals surface area contributed by atoms with Crippen molar-refractivity contribution in [2.75, 3.05) is 26.8 Å². The van der Waals surface area contributed by atoms with Crippen LogP contribution in [0.3, 0.4) is 0 Å². The van der Waals surface area contributed by atoms with E-state index in [2.05, 4.69) is 20.8 Å². The lowest BCUT2D eigenvalue weighted by atomic mass is 9.99. The fraction of sp³-hybridized carbons (Fsp3) is 0.571. The van der Waals surface area contributed by atoms with E-state index in [-0.39, 0.29) is 5.41 Å². The zero-order valence-electron chi connectivity index (χ0n) is 12.1. The van der Waals surface area contributed by atoms with Crippen molar-refractivity contribution in [1.82, 2.24) is 4.31 Å². The minimum absolute atomic E-state index is 0.0941. The molecule has 0 bridgehead atoms. The van der Waals surface area contributed by atoms with Crippen LogP contribution in [0.15, 0.2) is 35.2 Å². The molecule has 0 saturated carbocycles. The number of rotatable bonds is 6. The number of benzene rings is 1. The zero-order chi connectivity index (χ0) is 14.5. The number of nitrogens with zero attached hydrogens (tertiary/aromatic N) is 1. The van der Waals surface area contributed by atoms with E-state index < -0.39 is 10.0 Å². The molecule has 0 aliphatic heterocycles. The second-order valence-electron chi connectivity index (χ2n) is 5.75. The first-order valence-electron chi connectivity index (χ1n) is 6.33. The smallest absolute Gasteiger partial charge is 0.242 e. The van der Waals surface area contributed by atoms with Crippen molar-refractivity contribution >= 4 is 10.0 Å². The fourth-order valence-corrected chi connectivity index (χ4v) is 2.64. The summed E-state index contributed by atoms with van der Waals surface area (Å²) in [4.78, 5) is 0.313. The summed E-state index contributed by atoms with van der Waals surface area (Å²) in [5.74, 6) is 0. The Balaban J connectivity index is 2.52. The Morgan fingerprint density at radius 2 is 1.74 bits per heavy atom. The van der Waals surface area contributed by atoms with Gasteiger partial charge in [0.1, 0.15) is 0 Å². The molecule has 0 radical (unpaired) electrons. The van der Waals surface area contributed by atoms with Crippen molar-refractivity contribution in [3.8, 4) is 0 Å². The summed E-state index contributed by atoms with van der Waals surface area (Å²) in [6.45, 7) is 7.62. The topological polar surface area (TPSA) is 46.6 Å². The van der Waals surface area contributed by atoms with Crippen molar-refractivity contribution in [1.29, 1.82) is 0 Å². The van der Waals surface area contributed by atoms with Crippen molar-refractivity contribution in [2.45, 2.75) is 25.7 Å². The highest BCUT2D eigenvalue weighted by molar-refractivity contribution is 7.89. The van der Waals surface area contributed by atoms with Crippen LogP contribution in [0.1, 0.15) is 20.8 Å². The lowest BCUT2D eigenvalue weighted by Crippen LogP contribution is -2.31. The van der Waals surface area contributed by atoms with Gasteiger partial charge in [-0.3, -0.25) is 0 Å². The second kappa shape index (κ2) is 6.50. The molecule has 1 aromatic carbocycles. The molecule has 0 N–H and O–H groups in total. The van der Waals surface area contributed by atoms with E-state index in [4.69, 9.17) is 4.74 Å². The summed E-state index contributed by atoms with van der Waals surface area (Å²) in [5, 5.41) is 0. The van der Waals surface area contributed by atoms with Gasteiger partial charge in [-0.15, -0.1) is 0 Å². The van der Waals surface area contributed by atoms with Gasteiger partial charge in [0, 0.05) is 13.6 Å². The van der Waals surface area contributed by atoms with E-state index in [1.807, 2.05) is 0 Å². The molecule has 108 valence electrons. The average Bonchev–Trinajstić information content (AvgIpc) is 2.34. The lowest BCUT2D eigenvalue weighted by Gasteiger charge is -2.20. The first-order chi connectivity index (χ1) is 8.73. The lowest BCUT2D eigenvalue weighted by molar-refractivity contribution is 0.0671. The molecule has 0 atom stereocenters. The van der Waals surface area contributed by atoms with Crippen LogP contribution in [0.5, 0.6) is 0 Å². The standard InChI is InChI=1S/C14H23NO3S/c1-14(2,3)12-18-11-10-15(4)19(16,17)13-8-6-5-7-9-13/h5-9H,10-12H2,1-4H3. The Morgan fingerprint density at radius 3 is 2.26 bits per heavy atom. The summed E-state index contributed by atoms with van der Waals surface area (Å²) in [6.07, 6.45) is 0. The van der Waals surface area contributed by atoms with E-state index in [0.29, 0.717) is 24.7 Å². The molecule has 0 aliphatic rings. The highest BCUT2D eigenvalue weighted by Gasteiger charge is 2.20. The Morgan fingerprint density at radius 1 is 1.16 bits per heavy atom. The Labute approximate surface area is 116 Å². The van der Waals surface area contributed by atoms with Crippen molar-refractivity contribution < 1.29 is 13.2 Å². The number of ether oxygens (including phenoxy) is 1. The largest absolute Gasteiger partial charge is 0.380 e. The predicted octanol–water partition coefficient (Wildman–Crippen LogP) is 2.37. The van der Waals surface area contributed by atoms with Crippen LogP contribution in [0.25, 0.3) is 0 Å². The van der Waals surface area contributed by atoms with Gasteiger partial charge in [0.2, 0.25) is 10.0 Å². The summed E-state index contributed by atoms with van der Waals surface area (Å²) in [5.41, 5.74) is 0.0941. The predicted molar refractivity (Wildman–Crippen MR) is 76.5 cm³/mol. The van der Waals surface area contributed by atoms with Crippen molar-refractivity contribution in [3.63, 3.8) is 0 Å². The van der Waals surface area contributed by atoms with E-state index in [1.54, 1.807) is 37.4 Å². The molecule has 19 heavy (non-hydrogen) atoms. The van der Waals surface area contributed by atoms with Crippen LogP contribution >= 0.6 is 0 Å². The maximum atomic E-state index is 12.2. The summed E-state index contributed by atoms with van der Waals surface area (Å²) in [6, 6.07) is 8.43. The van der Waals surface area contributed by atoms with Crippen LogP contribution in [-0.2, 0) is 14.8 Å². The number of hydrogen-bond acceptors (Lipinski definition) is 3. The average molecular weight is 285 g/mol. The van der Waals surface area contributed by atoms with Crippen LogP contribution in [0.4, 0.5) is 0 Å². The van der Waals surface area contributed by atoms with Gasteiger partial charge >= 0.3 is 0 Å². The molecular formula is C14H23NO3S. The Hall–Kier alpha value is -0.910. The Bertz CT molecular complexity index is 477. The zero-order valence-corrected chi connectivity index (χ0v) is 12.9. The second-order valence-corrected chi connectivity index (χ2v) is 7.80. The van der Waals surface area contributed by atoms with E-state index >= 15 is 0 Å². The van der Waals surface area contributed by atoms with E-state index in [0.717, 1.165) is 0 Å². The fourth-order valence-electron chi connectivity index (χ4n) is 1.46. The number of sulfonamides is 1. The van der Waals surface area contributed by atoms with Gasteiger partial charge in [-0.05, 0) is 17.5 Å². The number of hydrogen-bond donors (Lipinski definition) is 0. The van der Waals surface area contributed by atoms with E-state index in [9.17, 15) is 8.42 Å². The quantitative estimate of drug-likeness (QED) is 0.754. The molecule has 0 unspecified atom stereocenters. The monoisotopic (exact) mass is 285 g/mol. The molecule has 1 rings (SSSR count). The van der Waals surface area contributed by atoms with Gasteiger partial charge < -0.3 is 4.74 Å². The van der Waals surface area contributed by atoms with Gasteiger partial charge in [0.25, 0.3) is 0 Å². The Kier molecular flexibility index (Phi) is 5.52. The van der Waals surface area contributed by atoms with E-state index in [1.165, 1.54) is 4.31 Å². The minimum Gasteiger partial charge on any atom is -0.380 e. The maximum Gasteiger partial charge on any atom is 0.242 e. The van der Waals surface area contributed by atoms with Gasteiger partial charge in [0.15, 0.2) is 0 Å². The maximum absolute atomic E-state index is 12.2. The third-order valence-corrected chi connectivity index (χ3v) is 4.41. The summed E-state index contributed by atoms with van der Waals surface area (Å²) in [7, 11) is -1.83. The summed E-state index contributed by atoms with van der Waals surface area (Å²) >= 11 is 0. The molecule has 0 heterocycles. The molecule has 0 amide bonds. The normalized spacial score (nSPS) is 12.9. The third kappa shape index (κ3) is 5.30. The molecule has 0 aliphatic carbocycles. The van der Waals surface area contributed by atoms with Crippen molar-refractivity contribution in [3.05, 3.63) is 30.3 Å². The van der Waals surface area contributed by atoms with Crippen LogP contribution in [0.2, 0.25) is 0 Å². The van der Waals surface area contributed by atoms with Crippen LogP contribution in [0, 0.1) is 5.41 Å². The van der Waals surface area contributed by atoms with Crippen molar-refractivity contribution in [2.24, 2.45) is 5.41 Å². The first kappa shape index (κ1) is 16.1. The molecule has 4 nitrogen and oxygen atoms in total. The van der Waals surface area contributed by atoms with Gasteiger partial charge in [-0.25, -0.2) is 8.42 Å². The van der Waals surface area contributed by atoms with Gasteiger partial charge in [-0.1, -0.05) is 39.0 Å². The first-order valence-corrected chi connectivity index (χ1v) is 7.77. The molecule has 0 aromatic heterocycles. The SMILES string of the molecule is CN(CCOCC(C)(C)C)S(=O)(=O)c1ccccc1. The van der Waals surface area contributed by atoms with Crippen LogP contribution in [-0.4, -0.2) is 39.5 Å². The van der Waals surface area contributed by atoms with Gasteiger partial charge in [0.05, 0.1) is 18.1 Å². The molecular weight excluding hydrogens is 262 g/mol. The summed E-state index contributed by atoms with van der Waals surface area (Å²) < 4.78 is 31.2.